The Balaban J connectivity index is 1.96. The van der Waals surface area contributed by atoms with Gasteiger partial charge in [0.05, 0.1) is 0 Å². The van der Waals surface area contributed by atoms with E-state index in [1.807, 2.05) is 31.0 Å². The highest BCUT2D eigenvalue weighted by atomic mass is 16.2. The fourth-order valence-electron chi connectivity index (χ4n) is 2.44. The van der Waals surface area contributed by atoms with Crippen LogP contribution in [0, 0.1) is 6.92 Å². The van der Waals surface area contributed by atoms with Gasteiger partial charge in [-0.1, -0.05) is 6.07 Å². The average molecular weight is 247 g/mol. The van der Waals surface area contributed by atoms with Crippen LogP contribution >= 0.6 is 0 Å². The smallest absolute Gasteiger partial charge is 0.219 e. The lowest BCUT2D eigenvalue weighted by Gasteiger charge is -2.37. The third-order valence-electron chi connectivity index (χ3n) is 3.71. The normalized spacial score (nSPS) is 16.7. The molecule has 0 aromatic carbocycles. The lowest BCUT2D eigenvalue weighted by Crippen LogP contribution is -2.45. The van der Waals surface area contributed by atoms with Crippen LogP contribution in [0.3, 0.4) is 0 Å². The fraction of sp³-hybridized carbons (Fsp3) is 0.571. The molecule has 4 heteroatoms. The van der Waals surface area contributed by atoms with E-state index in [1.165, 1.54) is 0 Å². The van der Waals surface area contributed by atoms with Crippen molar-refractivity contribution in [1.29, 1.82) is 0 Å². The zero-order valence-corrected chi connectivity index (χ0v) is 11.4. The summed E-state index contributed by atoms with van der Waals surface area (Å²) in [4.78, 5) is 20.1. The summed E-state index contributed by atoms with van der Waals surface area (Å²) in [5, 5.41) is 0. The lowest BCUT2D eigenvalue weighted by atomic mass is 10.0. The third kappa shape index (κ3) is 2.81. The van der Waals surface area contributed by atoms with Crippen molar-refractivity contribution < 1.29 is 4.79 Å². The number of anilines is 1. The standard InChI is InChI=1S/C14H21N3O/c1-11-5-4-6-14(15-11)17-9-7-13(8-10-17)16(3)12(2)18/h4-6,13H,7-10H2,1-3H3. The van der Waals surface area contributed by atoms with Crippen molar-refractivity contribution in [2.45, 2.75) is 32.7 Å². The largest absolute Gasteiger partial charge is 0.356 e. The number of aryl methyl sites for hydroxylation is 1. The number of amides is 1. The molecule has 0 atom stereocenters. The van der Waals surface area contributed by atoms with Gasteiger partial charge in [0.2, 0.25) is 5.91 Å². The number of piperidine rings is 1. The number of aromatic nitrogens is 1. The molecule has 0 spiro atoms. The monoisotopic (exact) mass is 247 g/mol. The zero-order chi connectivity index (χ0) is 13.1. The molecule has 1 aliphatic heterocycles. The van der Waals surface area contributed by atoms with E-state index in [-0.39, 0.29) is 5.91 Å². The van der Waals surface area contributed by atoms with Crippen molar-refractivity contribution in [3.63, 3.8) is 0 Å². The third-order valence-corrected chi connectivity index (χ3v) is 3.71. The molecule has 1 aromatic rings. The van der Waals surface area contributed by atoms with Crippen molar-refractivity contribution in [2.75, 3.05) is 25.0 Å². The van der Waals surface area contributed by atoms with Crippen LogP contribution in [0.1, 0.15) is 25.5 Å². The van der Waals surface area contributed by atoms with Gasteiger partial charge < -0.3 is 9.80 Å². The molecule has 1 saturated heterocycles. The van der Waals surface area contributed by atoms with E-state index in [0.29, 0.717) is 6.04 Å². The van der Waals surface area contributed by atoms with Crippen LogP contribution in [0.25, 0.3) is 0 Å². The maximum Gasteiger partial charge on any atom is 0.219 e. The van der Waals surface area contributed by atoms with Gasteiger partial charge in [-0.25, -0.2) is 4.98 Å². The van der Waals surface area contributed by atoms with Crippen LogP contribution in [0.4, 0.5) is 5.82 Å². The summed E-state index contributed by atoms with van der Waals surface area (Å²) in [6.45, 7) is 5.59. The van der Waals surface area contributed by atoms with Gasteiger partial charge in [0.1, 0.15) is 5.82 Å². The summed E-state index contributed by atoms with van der Waals surface area (Å²) in [6.07, 6.45) is 2.04. The Morgan fingerprint density at radius 2 is 2.06 bits per heavy atom. The van der Waals surface area contributed by atoms with E-state index in [9.17, 15) is 4.79 Å². The Hall–Kier alpha value is -1.58. The SMILES string of the molecule is CC(=O)N(C)C1CCN(c2cccc(C)n2)CC1. The molecule has 1 aliphatic rings. The summed E-state index contributed by atoms with van der Waals surface area (Å²) in [5.74, 6) is 1.21. The molecule has 0 unspecified atom stereocenters. The van der Waals surface area contributed by atoms with E-state index in [0.717, 1.165) is 37.4 Å². The average Bonchev–Trinajstić information content (AvgIpc) is 2.38. The summed E-state index contributed by atoms with van der Waals surface area (Å²) in [7, 11) is 1.90. The minimum absolute atomic E-state index is 0.155. The molecular formula is C14H21N3O. The van der Waals surface area contributed by atoms with Gasteiger partial charge in [0.25, 0.3) is 0 Å². The van der Waals surface area contributed by atoms with Crippen LogP contribution in [0.5, 0.6) is 0 Å². The minimum Gasteiger partial charge on any atom is -0.356 e. The molecule has 2 rings (SSSR count). The molecule has 0 aliphatic carbocycles. The van der Waals surface area contributed by atoms with Crippen LogP contribution in [0.2, 0.25) is 0 Å². The van der Waals surface area contributed by atoms with Gasteiger partial charge in [-0.05, 0) is 31.9 Å². The maximum absolute atomic E-state index is 11.3. The van der Waals surface area contributed by atoms with Gasteiger partial charge in [0, 0.05) is 38.8 Å². The molecule has 98 valence electrons. The van der Waals surface area contributed by atoms with Crippen LogP contribution < -0.4 is 4.90 Å². The van der Waals surface area contributed by atoms with Gasteiger partial charge in [-0.3, -0.25) is 4.79 Å². The first kappa shape index (κ1) is 12.9. The summed E-state index contributed by atoms with van der Waals surface area (Å²) in [5.41, 5.74) is 1.05. The molecule has 2 heterocycles. The number of carbonyl (C=O) groups excluding carboxylic acids is 1. The number of hydrogen-bond acceptors (Lipinski definition) is 3. The zero-order valence-electron chi connectivity index (χ0n) is 11.4. The summed E-state index contributed by atoms with van der Waals surface area (Å²) < 4.78 is 0. The van der Waals surface area contributed by atoms with E-state index in [1.54, 1.807) is 6.92 Å². The molecule has 0 saturated carbocycles. The molecular weight excluding hydrogens is 226 g/mol. The molecule has 18 heavy (non-hydrogen) atoms. The quantitative estimate of drug-likeness (QED) is 0.800. The first-order valence-corrected chi connectivity index (χ1v) is 6.50. The molecule has 4 nitrogen and oxygen atoms in total. The predicted octanol–water partition coefficient (Wildman–Crippen LogP) is 1.84. The van der Waals surface area contributed by atoms with Crippen LogP contribution in [0.15, 0.2) is 18.2 Å². The van der Waals surface area contributed by atoms with Crippen molar-refractivity contribution in [3.05, 3.63) is 23.9 Å². The van der Waals surface area contributed by atoms with E-state index < -0.39 is 0 Å². The number of nitrogens with zero attached hydrogens (tertiary/aromatic N) is 3. The predicted molar refractivity (Wildman–Crippen MR) is 72.7 cm³/mol. The molecule has 1 aromatic heterocycles. The van der Waals surface area contributed by atoms with Gasteiger partial charge in [-0.2, -0.15) is 0 Å². The Kier molecular flexibility index (Phi) is 3.84. The second kappa shape index (κ2) is 5.38. The minimum atomic E-state index is 0.155. The summed E-state index contributed by atoms with van der Waals surface area (Å²) >= 11 is 0. The van der Waals surface area contributed by atoms with Crippen LogP contribution in [-0.4, -0.2) is 42.0 Å². The molecule has 1 fully saturated rings. The van der Waals surface area contributed by atoms with Gasteiger partial charge >= 0.3 is 0 Å². The van der Waals surface area contributed by atoms with Crippen molar-refractivity contribution in [3.8, 4) is 0 Å². The van der Waals surface area contributed by atoms with Gasteiger partial charge in [-0.15, -0.1) is 0 Å². The second-order valence-corrected chi connectivity index (χ2v) is 4.99. The maximum atomic E-state index is 11.3. The number of hydrogen-bond donors (Lipinski definition) is 0. The summed E-state index contributed by atoms with van der Waals surface area (Å²) in [6, 6.07) is 6.50. The number of rotatable bonds is 2. The van der Waals surface area contributed by atoms with E-state index in [2.05, 4.69) is 16.0 Å². The Morgan fingerprint density at radius 3 is 2.61 bits per heavy atom. The van der Waals surface area contributed by atoms with Crippen LogP contribution in [-0.2, 0) is 4.79 Å². The highest BCUT2D eigenvalue weighted by Gasteiger charge is 2.24. The molecule has 0 radical (unpaired) electrons. The highest BCUT2D eigenvalue weighted by Crippen LogP contribution is 2.20. The first-order valence-electron chi connectivity index (χ1n) is 6.50. The Bertz CT molecular complexity index is 425. The Morgan fingerprint density at radius 1 is 1.39 bits per heavy atom. The second-order valence-electron chi connectivity index (χ2n) is 4.99. The topological polar surface area (TPSA) is 36.4 Å². The van der Waals surface area contributed by atoms with Crippen molar-refractivity contribution in [1.82, 2.24) is 9.88 Å². The van der Waals surface area contributed by atoms with Crippen molar-refractivity contribution in [2.24, 2.45) is 0 Å². The molecule has 0 bridgehead atoms. The van der Waals surface area contributed by atoms with E-state index in [4.69, 9.17) is 0 Å². The molecule has 0 N–H and O–H groups in total. The number of pyridine rings is 1. The first-order chi connectivity index (χ1) is 8.58. The van der Waals surface area contributed by atoms with Crippen molar-refractivity contribution >= 4 is 11.7 Å². The van der Waals surface area contributed by atoms with Gasteiger partial charge in [0.15, 0.2) is 0 Å². The lowest BCUT2D eigenvalue weighted by molar-refractivity contribution is -0.129. The fourth-order valence-corrected chi connectivity index (χ4v) is 2.44. The molecule has 1 amide bonds. The van der Waals surface area contributed by atoms with E-state index >= 15 is 0 Å². The number of carbonyl (C=O) groups is 1. The Labute approximate surface area is 109 Å². The highest BCUT2D eigenvalue weighted by molar-refractivity contribution is 5.73.